The number of rotatable bonds is 9. The maximum absolute atomic E-state index is 13.4. The third kappa shape index (κ3) is 7.20. The number of carbonyl (C=O) groups excluding carboxylic acids is 3. The van der Waals surface area contributed by atoms with E-state index < -0.39 is 23.5 Å². The quantitative estimate of drug-likeness (QED) is 0.659. The van der Waals surface area contributed by atoms with Gasteiger partial charge in [-0.2, -0.15) is 0 Å². The van der Waals surface area contributed by atoms with Crippen molar-refractivity contribution in [3.8, 4) is 5.75 Å². The van der Waals surface area contributed by atoms with Crippen LogP contribution in [0.4, 0.5) is 10.1 Å². The second kappa shape index (κ2) is 10.9. The van der Waals surface area contributed by atoms with Crippen LogP contribution in [-0.4, -0.2) is 49.4 Å². The maximum Gasteiger partial charge on any atom is 0.254 e. The fourth-order valence-electron chi connectivity index (χ4n) is 2.75. The number of nitrogens with one attached hydrogen (secondary N) is 2. The molecule has 0 spiro atoms. The van der Waals surface area contributed by atoms with Crippen LogP contribution >= 0.6 is 0 Å². The normalized spacial score (nSPS) is 10.4. The van der Waals surface area contributed by atoms with Crippen LogP contribution in [0.5, 0.6) is 5.75 Å². The van der Waals surface area contributed by atoms with E-state index in [2.05, 4.69) is 10.6 Å². The lowest BCUT2D eigenvalue weighted by molar-refractivity contribution is -0.124. The first-order chi connectivity index (χ1) is 14.3. The van der Waals surface area contributed by atoms with Crippen molar-refractivity contribution in [3.05, 3.63) is 59.9 Å². The minimum atomic E-state index is -0.523. The number of amides is 3. The van der Waals surface area contributed by atoms with Gasteiger partial charge < -0.3 is 20.3 Å². The van der Waals surface area contributed by atoms with Crippen LogP contribution in [-0.2, 0) is 9.59 Å². The minimum absolute atomic E-state index is 0.105. The summed E-state index contributed by atoms with van der Waals surface area (Å²) in [5, 5.41) is 5.16. The molecule has 3 amide bonds. The molecule has 0 saturated carbocycles. The molecule has 160 valence electrons. The molecule has 2 N–H and O–H groups in total. The van der Waals surface area contributed by atoms with Crippen molar-refractivity contribution in [2.24, 2.45) is 5.92 Å². The van der Waals surface area contributed by atoms with E-state index >= 15 is 0 Å². The summed E-state index contributed by atoms with van der Waals surface area (Å²) in [5.41, 5.74) is 0.735. The Labute approximate surface area is 175 Å². The number of carbonyl (C=O) groups is 3. The molecule has 8 heteroatoms. The molecule has 0 bridgehead atoms. The van der Waals surface area contributed by atoms with Gasteiger partial charge in [0.2, 0.25) is 11.8 Å². The Morgan fingerprint density at radius 1 is 1.07 bits per heavy atom. The van der Waals surface area contributed by atoms with Crippen molar-refractivity contribution >= 4 is 23.4 Å². The molecule has 2 aromatic rings. The average Bonchev–Trinajstić information content (AvgIpc) is 2.71. The van der Waals surface area contributed by atoms with Crippen molar-refractivity contribution in [2.75, 3.05) is 32.1 Å². The molecule has 0 saturated heterocycles. The lowest BCUT2D eigenvalue weighted by atomic mass is 10.1. The standard InChI is InChI=1S/C22H26FN3O4/c1-15(2)13-26(22(29)16-5-4-6-17(23)11-16)14-21(28)24-12-20(27)25-18-7-9-19(30-3)10-8-18/h4-11,15H,12-14H2,1-3H3,(H,24,28)(H,25,27). The van der Waals surface area contributed by atoms with Gasteiger partial charge in [-0.15, -0.1) is 0 Å². The Morgan fingerprint density at radius 2 is 1.77 bits per heavy atom. The van der Waals surface area contributed by atoms with Gasteiger partial charge in [0.15, 0.2) is 0 Å². The molecule has 0 aliphatic heterocycles. The van der Waals surface area contributed by atoms with Crippen LogP contribution in [0, 0.1) is 11.7 Å². The lowest BCUT2D eigenvalue weighted by Crippen LogP contribution is -2.44. The molecule has 0 fully saturated rings. The number of halogens is 1. The van der Waals surface area contributed by atoms with E-state index in [1.807, 2.05) is 13.8 Å². The maximum atomic E-state index is 13.4. The van der Waals surface area contributed by atoms with Crippen LogP contribution in [0.25, 0.3) is 0 Å². The molecular weight excluding hydrogens is 389 g/mol. The summed E-state index contributed by atoms with van der Waals surface area (Å²) in [5.74, 6) is -1.08. The molecule has 0 unspecified atom stereocenters. The Bertz CT molecular complexity index is 884. The minimum Gasteiger partial charge on any atom is -0.497 e. The smallest absolute Gasteiger partial charge is 0.254 e. The number of hydrogen-bond donors (Lipinski definition) is 2. The van der Waals surface area contributed by atoms with Crippen molar-refractivity contribution in [2.45, 2.75) is 13.8 Å². The Morgan fingerprint density at radius 3 is 2.37 bits per heavy atom. The third-order valence-corrected chi connectivity index (χ3v) is 4.10. The van der Waals surface area contributed by atoms with Gasteiger partial charge in [-0.3, -0.25) is 14.4 Å². The van der Waals surface area contributed by atoms with Crippen LogP contribution in [0.1, 0.15) is 24.2 Å². The van der Waals surface area contributed by atoms with Crippen LogP contribution in [0.15, 0.2) is 48.5 Å². The Kier molecular flexibility index (Phi) is 8.34. The Balaban J connectivity index is 1.91. The summed E-state index contributed by atoms with van der Waals surface area (Å²) in [6.45, 7) is 3.66. The van der Waals surface area contributed by atoms with Crippen molar-refractivity contribution < 1.29 is 23.5 Å². The van der Waals surface area contributed by atoms with Crippen LogP contribution in [0.3, 0.4) is 0 Å². The van der Waals surface area contributed by atoms with Crippen molar-refractivity contribution in [1.82, 2.24) is 10.2 Å². The van der Waals surface area contributed by atoms with E-state index in [9.17, 15) is 18.8 Å². The lowest BCUT2D eigenvalue weighted by Gasteiger charge is -2.24. The highest BCUT2D eigenvalue weighted by atomic mass is 19.1. The first-order valence-electron chi connectivity index (χ1n) is 9.54. The molecule has 30 heavy (non-hydrogen) atoms. The van der Waals surface area contributed by atoms with Gasteiger partial charge >= 0.3 is 0 Å². The molecule has 2 rings (SSSR count). The highest BCUT2D eigenvalue weighted by molar-refractivity contribution is 5.98. The predicted molar refractivity (Wildman–Crippen MR) is 112 cm³/mol. The Hall–Kier alpha value is -3.42. The zero-order chi connectivity index (χ0) is 22.1. The third-order valence-electron chi connectivity index (χ3n) is 4.10. The summed E-state index contributed by atoms with van der Waals surface area (Å²) in [7, 11) is 1.55. The summed E-state index contributed by atoms with van der Waals surface area (Å²) in [4.78, 5) is 38.4. The van der Waals surface area contributed by atoms with Crippen LogP contribution in [0.2, 0.25) is 0 Å². The second-order valence-electron chi connectivity index (χ2n) is 7.14. The topological polar surface area (TPSA) is 87.7 Å². The first kappa shape index (κ1) is 22.9. The van der Waals surface area contributed by atoms with Gasteiger partial charge in [-0.1, -0.05) is 19.9 Å². The van der Waals surface area contributed by atoms with E-state index in [0.29, 0.717) is 18.0 Å². The number of ether oxygens (including phenoxy) is 1. The van der Waals surface area contributed by atoms with Gasteiger partial charge in [0.05, 0.1) is 20.2 Å². The van der Waals surface area contributed by atoms with Gasteiger partial charge in [0, 0.05) is 17.8 Å². The van der Waals surface area contributed by atoms with Gasteiger partial charge in [-0.05, 0) is 48.4 Å². The zero-order valence-corrected chi connectivity index (χ0v) is 17.3. The predicted octanol–water partition coefficient (Wildman–Crippen LogP) is 2.69. The monoisotopic (exact) mass is 415 g/mol. The summed E-state index contributed by atoms with van der Waals surface area (Å²) in [6, 6.07) is 12.1. The number of nitrogens with zero attached hydrogens (tertiary/aromatic N) is 1. The zero-order valence-electron chi connectivity index (χ0n) is 17.3. The molecular formula is C22H26FN3O4. The molecule has 7 nitrogen and oxygen atoms in total. The van der Waals surface area contributed by atoms with Gasteiger partial charge in [0.25, 0.3) is 5.91 Å². The fourth-order valence-corrected chi connectivity index (χ4v) is 2.75. The van der Waals surface area contributed by atoms with E-state index in [-0.39, 0.29) is 24.6 Å². The van der Waals surface area contributed by atoms with E-state index in [1.165, 1.54) is 23.1 Å². The highest BCUT2D eigenvalue weighted by Gasteiger charge is 2.20. The van der Waals surface area contributed by atoms with Gasteiger partial charge in [0.1, 0.15) is 11.6 Å². The van der Waals surface area contributed by atoms with E-state index in [0.717, 1.165) is 6.07 Å². The SMILES string of the molecule is COc1ccc(NC(=O)CNC(=O)CN(CC(C)C)C(=O)c2cccc(F)c2)cc1. The van der Waals surface area contributed by atoms with Crippen molar-refractivity contribution in [3.63, 3.8) is 0 Å². The molecule has 0 aliphatic rings. The number of anilines is 1. The fraction of sp³-hybridized carbons (Fsp3) is 0.318. The second-order valence-corrected chi connectivity index (χ2v) is 7.14. The molecule has 0 radical (unpaired) electrons. The number of methoxy groups -OCH3 is 1. The van der Waals surface area contributed by atoms with Crippen molar-refractivity contribution in [1.29, 1.82) is 0 Å². The first-order valence-corrected chi connectivity index (χ1v) is 9.54. The highest BCUT2D eigenvalue weighted by Crippen LogP contribution is 2.14. The summed E-state index contributed by atoms with van der Waals surface area (Å²) >= 11 is 0. The molecule has 2 aromatic carbocycles. The molecule has 0 aromatic heterocycles. The summed E-state index contributed by atoms with van der Waals surface area (Å²) < 4.78 is 18.5. The molecule has 0 atom stereocenters. The summed E-state index contributed by atoms with van der Waals surface area (Å²) in [6.07, 6.45) is 0. The molecule has 0 heterocycles. The molecule has 0 aliphatic carbocycles. The average molecular weight is 415 g/mol. The number of hydrogen-bond acceptors (Lipinski definition) is 4. The van der Waals surface area contributed by atoms with Gasteiger partial charge in [-0.25, -0.2) is 4.39 Å². The number of benzene rings is 2. The largest absolute Gasteiger partial charge is 0.497 e. The van der Waals surface area contributed by atoms with E-state index in [1.54, 1.807) is 31.4 Å². The van der Waals surface area contributed by atoms with Crippen LogP contribution < -0.4 is 15.4 Å². The van der Waals surface area contributed by atoms with E-state index in [4.69, 9.17) is 4.74 Å².